The van der Waals surface area contributed by atoms with E-state index in [-0.39, 0.29) is 30.2 Å². The molecule has 11 atom stereocenters. The Balaban J connectivity index is -0.000000186. The number of aromatic amines is 1. The number of nitrogens with one attached hydrogen (secondary N) is 2. The quantitative estimate of drug-likeness (QED) is 0.0474. The van der Waals surface area contributed by atoms with Crippen molar-refractivity contribution in [2.24, 2.45) is 75.1 Å². The fraction of sp³-hybridized carbons (Fsp3) is 0.590. The number of nitrogens with two attached hydrogens (primary N) is 10. The number of hydrogen-bond acceptors (Lipinski definition) is 24. The number of para-hydroxylation sites is 1. The van der Waals surface area contributed by atoms with Crippen LogP contribution in [0.3, 0.4) is 0 Å². The molecule has 0 unspecified atom stereocenters. The van der Waals surface area contributed by atoms with E-state index in [0.717, 1.165) is 66.4 Å². The summed E-state index contributed by atoms with van der Waals surface area (Å²) in [4.78, 5) is 113. The fourth-order valence-electron chi connectivity index (χ4n) is 5.86. The first-order chi connectivity index (χ1) is 44.8. The zero-order chi connectivity index (χ0) is 77.3. The molecule has 560 valence electrons. The highest BCUT2D eigenvalue weighted by molar-refractivity contribution is 7.98. The molecule has 1 fully saturated rings. The number of thiol groups is 1. The zero-order valence-corrected chi connectivity index (χ0v) is 58.4. The first-order valence-electron chi connectivity index (χ1n) is 30.3. The number of hydrogen-bond donors (Lipinski definition) is 24. The Morgan fingerprint density at radius 1 is 0.557 bits per heavy atom. The minimum absolute atomic E-state index is 0.0208. The molecule has 0 spiro atoms. The maximum absolute atomic E-state index is 10.6. The Morgan fingerprint density at radius 2 is 0.979 bits per heavy atom. The summed E-state index contributed by atoms with van der Waals surface area (Å²) in [6, 6.07) is 10.2. The van der Waals surface area contributed by atoms with Crippen molar-refractivity contribution in [2.45, 2.75) is 180 Å². The molecular formula is C61H112N12O22S2. The lowest BCUT2D eigenvalue weighted by Gasteiger charge is -2.11. The molecule has 34 nitrogen and oxygen atoms in total. The van der Waals surface area contributed by atoms with Gasteiger partial charge >= 0.3 is 65.7 Å². The van der Waals surface area contributed by atoms with Crippen LogP contribution in [-0.2, 0) is 65.6 Å². The Kier molecular flexibility index (Phi) is 67.0. The highest BCUT2D eigenvalue weighted by atomic mass is 32.2. The molecule has 1 aliphatic rings. The monoisotopic (exact) mass is 1430 g/mol. The number of carboxylic acid groups (broad SMARTS) is 11. The van der Waals surface area contributed by atoms with E-state index in [2.05, 4.69) is 28.7 Å². The number of unbranched alkanes of at least 4 members (excludes halogenated alkanes) is 1. The van der Waals surface area contributed by atoms with Crippen molar-refractivity contribution in [3.05, 3.63) is 71.9 Å². The van der Waals surface area contributed by atoms with E-state index >= 15 is 0 Å². The minimum Gasteiger partial charge on any atom is -0.480 e. The van der Waals surface area contributed by atoms with Gasteiger partial charge in [-0.15, -0.1) is 0 Å². The summed E-state index contributed by atoms with van der Waals surface area (Å²) in [6.45, 7) is 15.2. The summed E-state index contributed by atoms with van der Waals surface area (Å²) in [5.41, 5.74) is 54.1. The van der Waals surface area contributed by atoms with Crippen molar-refractivity contribution in [2.75, 3.05) is 30.9 Å². The number of aliphatic carboxylic acids is 11. The molecule has 0 bridgehead atoms. The van der Waals surface area contributed by atoms with E-state index < -0.39 is 120 Å². The number of carbonyl (C=O) groups is 11. The lowest BCUT2D eigenvalue weighted by Crippen LogP contribution is -2.36. The first-order valence-corrected chi connectivity index (χ1v) is 32.3. The molecule has 33 N–H and O–H groups in total. The molecule has 36 heteroatoms. The van der Waals surface area contributed by atoms with Gasteiger partial charge in [-0.2, -0.15) is 24.4 Å². The van der Waals surface area contributed by atoms with Gasteiger partial charge in [0.2, 0.25) is 0 Å². The number of carboxylic acids is 11. The second-order valence-electron chi connectivity index (χ2n) is 21.7. The van der Waals surface area contributed by atoms with Crippen molar-refractivity contribution in [3.8, 4) is 0 Å². The molecular weight excluding hydrogens is 1320 g/mol. The van der Waals surface area contributed by atoms with E-state index in [4.69, 9.17) is 108 Å². The molecule has 1 aromatic heterocycles. The van der Waals surface area contributed by atoms with Crippen molar-refractivity contribution in [1.82, 2.24) is 10.3 Å². The minimum atomic E-state index is -1.00. The molecule has 1 aliphatic heterocycles. The standard InChI is InChI=1S/C11H12N2O2.C9H11NO2.3C6H13NO2.C5H11NO2S.C5H9NO2.C5H11NO2.C3H7NO2S.C3H7NO2.C2H5NO2/c12-9(11(14)15)5-7-6-13-10-4-2-1-3-8(7)10;10-8(9(11)12)6-7-4-2-1-3-5-7;1-4(2)3-5(7)6(8)9;1-3-4(2)5(7)6(8)9;1-2-3-4-5(7)6(8)9;1-9-3-2-4(6)5(7)8;7-5(8)4-2-1-3-6-4;1-3(2)4(6)5(7)8;4-2(1-7)3(5)6;1-2(4)3(5)6;3-1-2(4)5/h1-4,6,9,13H,5,12H2,(H,14,15);1-5,8H,6,10H2,(H,11,12);2*4-5H,3,7H2,1-2H3,(H,8,9);5H,2-4,7H2,1H3,(H,8,9);4H,2-3,6H2,1H3,(H,7,8);4,6H,1-3H2,(H,7,8);3-4H,6H2,1-2H3,(H,7,8);2,7H,1,4H2,(H,5,6);2H,4H2,1H3,(H,5,6);1,3H2,(H,4,5)/t9-;8-;5-;4-,5-;5-;3*4-;2*2-;/m0000000000./s1. The topological polar surface area (TPSA) is 698 Å². The Bertz CT molecular complexity index is 2610. The van der Waals surface area contributed by atoms with E-state index in [1.807, 2.05) is 102 Å². The van der Waals surface area contributed by atoms with E-state index in [9.17, 15) is 52.7 Å². The van der Waals surface area contributed by atoms with E-state index in [1.54, 1.807) is 25.6 Å². The SMILES string of the molecule is CC(C)C[C@H](N)C(=O)O.CC(C)[C@H](N)C(=O)O.CCCC[C@H](N)C(=O)O.CC[C@H](C)[C@H](N)C(=O)O.CSCC[C@H](N)C(=O)O.C[C@H](N)C(=O)O.NCC(=O)O.N[C@@H](CS)C(=O)O.N[C@@H](Cc1c[nH]c2ccccc12)C(=O)O.N[C@@H](Cc1ccccc1)C(=O)O.O=C(O)[C@@H]1CCCN1. The maximum atomic E-state index is 10.6. The van der Waals surface area contributed by atoms with Crippen LogP contribution in [0.15, 0.2) is 60.8 Å². The summed E-state index contributed by atoms with van der Waals surface area (Å²) in [5.74, 6) is -8.70. The van der Waals surface area contributed by atoms with Crippen molar-refractivity contribution >= 4 is 101 Å². The van der Waals surface area contributed by atoms with Gasteiger partial charge in [0.05, 0.1) is 6.54 Å². The molecule has 0 saturated carbocycles. The molecule has 0 aliphatic carbocycles. The van der Waals surface area contributed by atoms with E-state index in [1.165, 1.54) is 6.92 Å². The molecule has 2 heterocycles. The second kappa shape index (κ2) is 63.2. The number of thioether (sulfide) groups is 1. The maximum Gasteiger partial charge on any atom is 0.321 e. The number of rotatable bonds is 27. The lowest BCUT2D eigenvalue weighted by atomic mass is 10.0. The van der Waals surface area contributed by atoms with Gasteiger partial charge in [0, 0.05) is 29.3 Å². The van der Waals surface area contributed by atoms with E-state index in [0.29, 0.717) is 38.0 Å². The predicted molar refractivity (Wildman–Crippen MR) is 374 cm³/mol. The summed E-state index contributed by atoms with van der Waals surface area (Å²) in [7, 11) is 0. The summed E-state index contributed by atoms with van der Waals surface area (Å²) >= 11 is 5.25. The molecule has 0 amide bonds. The van der Waals surface area contributed by atoms with Gasteiger partial charge in [-0.05, 0) is 98.9 Å². The van der Waals surface area contributed by atoms with Crippen molar-refractivity contribution in [1.29, 1.82) is 0 Å². The third kappa shape index (κ3) is 64.2. The van der Waals surface area contributed by atoms with Crippen LogP contribution in [0.1, 0.15) is 118 Å². The summed E-state index contributed by atoms with van der Waals surface area (Å²) in [5, 5.41) is 94.4. The van der Waals surface area contributed by atoms with Gasteiger partial charge in [0.25, 0.3) is 0 Å². The third-order valence-electron chi connectivity index (χ3n) is 12.2. The largest absolute Gasteiger partial charge is 0.480 e. The normalized spacial score (nSPS) is 14.5. The summed E-state index contributed by atoms with van der Waals surface area (Å²) in [6.07, 6.45) is 10.7. The highest BCUT2D eigenvalue weighted by Crippen LogP contribution is 2.19. The second-order valence-corrected chi connectivity index (χ2v) is 23.1. The predicted octanol–water partition coefficient (Wildman–Crippen LogP) is 1.05. The molecule has 1 saturated heterocycles. The number of H-pyrrole nitrogens is 1. The average Bonchev–Trinajstić information content (AvgIpc) is 1.73. The Labute approximate surface area is 575 Å². The average molecular weight is 1430 g/mol. The molecule has 3 aromatic rings. The molecule has 2 aromatic carbocycles. The van der Waals surface area contributed by atoms with Crippen molar-refractivity contribution in [3.63, 3.8) is 0 Å². The Hall–Kier alpha value is -7.59. The van der Waals surface area contributed by atoms with Gasteiger partial charge in [0.1, 0.15) is 60.4 Å². The van der Waals surface area contributed by atoms with Gasteiger partial charge in [-0.3, -0.25) is 52.7 Å². The van der Waals surface area contributed by atoms with Gasteiger partial charge in [0.15, 0.2) is 0 Å². The van der Waals surface area contributed by atoms with Crippen LogP contribution in [-0.4, -0.2) is 218 Å². The van der Waals surface area contributed by atoms with Crippen LogP contribution >= 0.6 is 24.4 Å². The van der Waals surface area contributed by atoms with Crippen LogP contribution in [0.25, 0.3) is 10.9 Å². The molecule has 0 radical (unpaired) electrons. The fourth-order valence-corrected chi connectivity index (χ4v) is 6.51. The Morgan fingerprint density at radius 3 is 1.26 bits per heavy atom. The van der Waals surface area contributed by atoms with Crippen LogP contribution in [0, 0.1) is 17.8 Å². The number of fused-ring (bicyclic) bond motifs is 1. The number of benzene rings is 2. The highest BCUT2D eigenvalue weighted by Gasteiger charge is 2.21. The van der Waals surface area contributed by atoms with Crippen LogP contribution in [0.4, 0.5) is 0 Å². The van der Waals surface area contributed by atoms with Crippen LogP contribution < -0.4 is 62.7 Å². The van der Waals surface area contributed by atoms with Gasteiger partial charge < -0.3 is 124 Å². The number of aromatic nitrogens is 1. The lowest BCUT2D eigenvalue weighted by molar-refractivity contribution is -0.140. The molecule has 4 rings (SSSR count). The van der Waals surface area contributed by atoms with Gasteiger partial charge in [-0.1, -0.05) is 116 Å². The first kappa shape index (κ1) is 103. The van der Waals surface area contributed by atoms with Crippen molar-refractivity contribution < 1.29 is 109 Å². The third-order valence-corrected chi connectivity index (χ3v) is 13.2. The summed E-state index contributed by atoms with van der Waals surface area (Å²) < 4.78 is 0. The smallest absolute Gasteiger partial charge is 0.321 e. The van der Waals surface area contributed by atoms with Crippen LogP contribution in [0.5, 0.6) is 0 Å². The van der Waals surface area contributed by atoms with Gasteiger partial charge in [-0.25, -0.2) is 0 Å². The zero-order valence-electron chi connectivity index (χ0n) is 56.7. The van der Waals surface area contributed by atoms with Crippen LogP contribution in [0.2, 0.25) is 0 Å². The molecule has 97 heavy (non-hydrogen) atoms.